The summed E-state index contributed by atoms with van der Waals surface area (Å²) >= 11 is 1.20. The summed E-state index contributed by atoms with van der Waals surface area (Å²) in [4.78, 5) is 14.6. The molecule has 2 heterocycles. The molecule has 1 aromatic rings. The Morgan fingerprint density at radius 3 is 2.81 bits per heavy atom. The molecule has 21 heavy (non-hydrogen) atoms. The van der Waals surface area contributed by atoms with Crippen molar-refractivity contribution in [3.63, 3.8) is 0 Å². The van der Waals surface area contributed by atoms with Crippen LogP contribution < -0.4 is 11.1 Å². The summed E-state index contributed by atoms with van der Waals surface area (Å²) in [6, 6.07) is 2.18. The van der Waals surface area contributed by atoms with Gasteiger partial charge in [0.25, 0.3) is 0 Å². The topological polar surface area (TPSA) is 91.4 Å². The lowest BCUT2D eigenvalue weighted by atomic mass is 10.2. The SMILES string of the molecule is COC(=O)c1c(NC(C)CN2CCCC2)sc(C#N)c1N. The summed E-state index contributed by atoms with van der Waals surface area (Å²) in [7, 11) is 1.31. The molecule has 1 saturated heterocycles. The van der Waals surface area contributed by atoms with E-state index in [9.17, 15) is 4.79 Å². The Bertz CT molecular complexity index is 558. The second-order valence-electron chi connectivity index (χ2n) is 5.21. The van der Waals surface area contributed by atoms with Crippen molar-refractivity contribution in [3.05, 3.63) is 10.4 Å². The maximum atomic E-state index is 11.9. The van der Waals surface area contributed by atoms with Crippen molar-refractivity contribution in [2.24, 2.45) is 0 Å². The van der Waals surface area contributed by atoms with Crippen LogP contribution in [0.25, 0.3) is 0 Å². The zero-order valence-electron chi connectivity index (χ0n) is 12.3. The van der Waals surface area contributed by atoms with Crippen LogP contribution in [-0.2, 0) is 4.74 Å². The number of likely N-dealkylation sites (tertiary alicyclic amines) is 1. The zero-order chi connectivity index (χ0) is 15.4. The molecule has 7 heteroatoms. The number of nitrogen functional groups attached to an aromatic ring is 1. The highest BCUT2D eigenvalue weighted by Gasteiger charge is 2.24. The Morgan fingerprint density at radius 1 is 1.57 bits per heavy atom. The lowest BCUT2D eigenvalue weighted by molar-refractivity contribution is 0.0603. The highest BCUT2D eigenvalue weighted by Crippen LogP contribution is 2.36. The van der Waals surface area contributed by atoms with E-state index in [1.54, 1.807) is 0 Å². The van der Waals surface area contributed by atoms with Crippen molar-refractivity contribution in [1.29, 1.82) is 5.26 Å². The number of esters is 1. The molecule has 0 aromatic carbocycles. The molecule has 0 radical (unpaired) electrons. The molecule has 114 valence electrons. The Hall–Kier alpha value is -1.78. The number of hydrogen-bond acceptors (Lipinski definition) is 7. The fourth-order valence-electron chi connectivity index (χ4n) is 2.56. The molecule has 6 nitrogen and oxygen atoms in total. The number of hydrogen-bond donors (Lipinski definition) is 2. The summed E-state index contributed by atoms with van der Waals surface area (Å²) < 4.78 is 4.76. The Balaban J connectivity index is 2.14. The third-order valence-corrected chi connectivity index (χ3v) is 4.59. The molecule has 1 atom stereocenters. The molecule has 1 unspecified atom stereocenters. The number of methoxy groups -OCH3 is 1. The number of rotatable bonds is 5. The van der Waals surface area contributed by atoms with Crippen LogP contribution in [0.4, 0.5) is 10.7 Å². The van der Waals surface area contributed by atoms with Crippen LogP contribution in [0, 0.1) is 11.3 Å². The van der Waals surface area contributed by atoms with Gasteiger partial charge in [-0.25, -0.2) is 4.79 Å². The van der Waals surface area contributed by atoms with E-state index in [-0.39, 0.29) is 17.3 Å². The molecule has 1 aliphatic rings. The molecular formula is C14H20N4O2S. The second-order valence-corrected chi connectivity index (χ2v) is 6.23. The molecule has 0 spiro atoms. The van der Waals surface area contributed by atoms with Gasteiger partial charge in [0, 0.05) is 12.6 Å². The molecule has 1 aliphatic heterocycles. The van der Waals surface area contributed by atoms with Gasteiger partial charge < -0.3 is 20.7 Å². The first-order valence-electron chi connectivity index (χ1n) is 6.96. The van der Waals surface area contributed by atoms with Crippen LogP contribution in [-0.4, -0.2) is 43.7 Å². The minimum absolute atomic E-state index is 0.163. The van der Waals surface area contributed by atoms with Crippen molar-refractivity contribution in [1.82, 2.24) is 4.90 Å². The first-order chi connectivity index (χ1) is 10.1. The maximum absolute atomic E-state index is 11.9. The Kier molecular flexibility index (Phi) is 5.04. The van der Waals surface area contributed by atoms with Gasteiger partial charge in [-0.2, -0.15) is 5.26 Å². The number of carbonyl (C=O) groups excluding carboxylic acids is 1. The van der Waals surface area contributed by atoms with E-state index in [2.05, 4.69) is 17.1 Å². The maximum Gasteiger partial charge on any atom is 0.343 e. The lowest BCUT2D eigenvalue weighted by Crippen LogP contribution is -2.33. The second kappa shape index (κ2) is 6.78. The smallest absolute Gasteiger partial charge is 0.343 e. The van der Waals surface area contributed by atoms with Crippen molar-refractivity contribution in [2.45, 2.75) is 25.8 Å². The predicted octanol–water partition coefficient (Wildman–Crippen LogP) is 1.88. The van der Waals surface area contributed by atoms with Gasteiger partial charge in [-0.15, -0.1) is 11.3 Å². The number of nitrogens with two attached hydrogens (primary N) is 1. The first-order valence-corrected chi connectivity index (χ1v) is 7.78. The van der Waals surface area contributed by atoms with Gasteiger partial charge in [-0.3, -0.25) is 0 Å². The van der Waals surface area contributed by atoms with Crippen molar-refractivity contribution in [3.8, 4) is 6.07 Å². The van der Waals surface area contributed by atoms with Crippen LogP contribution in [0.3, 0.4) is 0 Å². The average Bonchev–Trinajstić information content (AvgIpc) is 3.06. The lowest BCUT2D eigenvalue weighted by Gasteiger charge is -2.21. The standard InChI is InChI=1S/C14H20N4O2S/c1-9(8-18-5-3-4-6-18)17-13-11(14(19)20-2)12(16)10(7-15)21-13/h9,17H,3-6,8,16H2,1-2H3. The van der Waals surface area contributed by atoms with E-state index in [1.807, 2.05) is 6.07 Å². The molecule has 3 N–H and O–H groups in total. The number of anilines is 2. The molecule has 2 rings (SSSR count). The summed E-state index contributed by atoms with van der Waals surface area (Å²) in [5, 5.41) is 13.0. The number of nitrogens with one attached hydrogen (secondary N) is 1. The van der Waals surface area contributed by atoms with Gasteiger partial charge in [0.1, 0.15) is 21.5 Å². The fraction of sp³-hybridized carbons (Fsp3) is 0.571. The summed E-state index contributed by atoms with van der Waals surface area (Å²) in [6.07, 6.45) is 2.48. The van der Waals surface area contributed by atoms with Crippen LogP contribution >= 0.6 is 11.3 Å². The van der Waals surface area contributed by atoms with E-state index in [0.29, 0.717) is 9.88 Å². The van der Waals surface area contributed by atoms with Crippen molar-refractivity contribution in [2.75, 3.05) is 37.8 Å². The van der Waals surface area contributed by atoms with Gasteiger partial charge >= 0.3 is 5.97 Å². The Labute approximate surface area is 128 Å². The molecule has 1 fully saturated rings. The van der Waals surface area contributed by atoms with Crippen LogP contribution in [0.1, 0.15) is 35.0 Å². The summed E-state index contributed by atoms with van der Waals surface area (Å²) in [6.45, 7) is 5.19. The summed E-state index contributed by atoms with van der Waals surface area (Å²) in [5.74, 6) is -0.513. The van der Waals surface area contributed by atoms with E-state index in [4.69, 9.17) is 15.7 Å². The quantitative estimate of drug-likeness (QED) is 0.807. The number of thiophene rings is 1. The highest BCUT2D eigenvalue weighted by molar-refractivity contribution is 7.17. The third-order valence-electron chi connectivity index (χ3n) is 3.54. The highest BCUT2D eigenvalue weighted by atomic mass is 32.1. The Morgan fingerprint density at radius 2 is 2.24 bits per heavy atom. The summed E-state index contributed by atoms with van der Waals surface area (Å²) in [5.41, 5.74) is 6.34. The number of nitriles is 1. The molecular weight excluding hydrogens is 288 g/mol. The number of carbonyl (C=O) groups is 1. The average molecular weight is 308 g/mol. The van der Waals surface area contributed by atoms with Gasteiger partial charge in [-0.05, 0) is 32.9 Å². The molecule has 0 aliphatic carbocycles. The van der Waals surface area contributed by atoms with E-state index >= 15 is 0 Å². The van der Waals surface area contributed by atoms with Crippen molar-refractivity contribution >= 4 is 28.0 Å². The van der Waals surface area contributed by atoms with Gasteiger partial charge in [-0.1, -0.05) is 0 Å². The zero-order valence-corrected chi connectivity index (χ0v) is 13.1. The van der Waals surface area contributed by atoms with Gasteiger partial charge in [0.2, 0.25) is 0 Å². The predicted molar refractivity (Wildman–Crippen MR) is 83.5 cm³/mol. The van der Waals surface area contributed by atoms with Gasteiger partial charge in [0.15, 0.2) is 0 Å². The number of nitrogens with zero attached hydrogens (tertiary/aromatic N) is 2. The van der Waals surface area contributed by atoms with E-state index < -0.39 is 5.97 Å². The van der Waals surface area contributed by atoms with Crippen LogP contribution in [0.15, 0.2) is 0 Å². The molecule has 0 saturated carbocycles. The molecule has 1 aromatic heterocycles. The van der Waals surface area contributed by atoms with E-state index in [0.717, 1.165) is 19.6 Å². The molecule has 0 bridgehead atoms. The molecule has 0 amide bonds. The monoisotopic (exact) mass is 308 g/mol. The van der Waals surface area contributed by atoms with E-state index in [1.165, 1.54) is 31.3 Å². The van der Waals surface area contributed by atoms with Crippen LogP contribution in [0.2, 0.25) is 0 Å². The largest absolute Gasteiger partial charge is 0.465 e. The number of ether oxygens (including phenoxy) is 1. The minimum atomic E-state index is -0.513. The normalized spacial score (nSPS) is 16.4. The first kappa shape index (κ1) is 15.6. The third kappa shape index (κ3) is 3.46. The van der Waals surface area contributed by atoms with Crippen molar-refractivity contribution < 1.29 is 9.53 Å². The minimum Gasteiger partial charge on any atom is -0.465 e. The van der Waals surface area contributed by atoms with Crippen LogP contribution in [0.5, 0.6) is 0 Å². The van der Waals surface area contributed by atoms with Gasteiger partial charge in [0.05, 0.1) is 12.8 Å². The fourth-order valence-corrected chi connectivity index (χ4v) is 3.57.